The third-order valence-electron chi connectivity index (χ3n) is 5.40. The molecule has 1 amide bonds. The van der Waals surface area contributed by atoms with Crippen LogP contribution in [0.5, 0.6) is 0 Å². The second-order valence-electron chi connectivity index (χ2n) is 7.80. The summed E-state index contributed by atoms with van der Waals surface area (Å²) < 4.78 is 12.3. The minimum absolute atomic E-state index is 0.0574. The SMILES string of the molecule is Cc1ccc(C(=O)NCC2CCN(C)CC2)cc1C.O=C/C=C/c1ccc(F)cc1. The van der Waals surface area contributed by atoms with Crippen LogP contribution in [0.4, 0.5) is 4.39 Å². The van der Waals surface area contributed by atoms with E-state index in [1.807, 2.05) is 25.1 Å². The molecule has 2 aromatic carbocycles. The summed E-state index contributed by atoms with van der Waals surface area (Å²) in [5.74, 6) is 0.418. The molecule has 1 heterocycles. The number of carbonyl (C=O) groups excluding carboxylic acids is 2. The van der Waals surface area contributed by atoms with Crippen LogP contribution in [-0.2, 0) is 4.79 Å². The molecule has 1 saturated heterocycles. The van der Waals surface area contributed by atoms with Crippen LogP contribution in [0.15, 0.2) is 48.5 Å². The van der Waals surface area contributed by atoms with Gasteiger partial charge in [0.2, 0.25) is 0 Å². The quantitative estimate of drug-likeness (QED) is 0.587. The lowest BCUT2D eigenvalue weighted by molar-refractivity contribution is -0.104. The number of rotatable bonds is 5. The molecule has 0 aliphatic carbocycles. The lowest BCUT2D eigenvalue weighted by atomic mass is 9.97. The Labute approximate surface area is 178 Å². The van der Waals surface area contributed by atoms with Crippen molar-refractivity contribution in [2.45, 2.75) is 26.7 Å². The molecule has 0 atom stereocenters. The van der Waals surface area contributed by atoms with Crippen molar-refractivity contribution in [1.29, 1.82) is 0 Å². The number of aryl methyl sites for hydroxylation is 2. The maximum absolute atomic E-state index is 12.3. The summed E-state index contributed by atoms with van der Waals surface area (Å²) in [4.78, 5) is 24.3. The topological polar surface area (TPSA) is 49.4 Å². The number of benzene rings is 2. The first-order valence-corrected chi connectivity index (χ1v) is 10.3. The summed E-state index contributed by atoms with van der Waals surface area (Å²) in [6.07, 6.45) is 6.04. The van der Waals surface area contributed by atoms with Crippen LogP contribution >= 0.6 is 0 Å². The van der Waals surface area contributed by atoms with Crippen LogP contribution in [0.2, 0.25) is 0 Å². The highest BCUT2D eigenvalue weighted by Gasteiger charge is 2.17. The van der Waals surface area contributed by atoms with E-state index in [4.69, 9.17) is 0 Å². The van der Waals surface area contributed by atoms with E-state index in [2.05, 4.69) is 24.2 Å². The summed E-state index contributed by atoms with van der Waals surface area (Å²) in [6.45, 7) is 7.20. The van der Waals surface area contributed by atoms with E-state index >= 15 is 0 Å². The van der Waals surface area contributed by atoms with Gasteiger partial charge in [-0.1, -0.05) is 24.3 Å². The lowest BCUT2D eigenvalue weighted by Crippen LogP contribution is -2.36. The van der Waals surface area contributed by atoms with Crippen LogP contribution < -0.4 is 5.32 Å². The number of nitrogens with one attached hydrogen (secondary N) is 1. The van der Waals surface area contributed by atoms with Gasteiger partial charge in [-0.25, -0.2) is 4.39 Å². The monoisotopic (exact) mass is 410 g/mol. The maximum atomic E-state index is 12.3. The average Bonchev–Trinajstić information content (AvgIpc) is 2.75. The summed E-state index contributed by atoms with van der Waals surface area (Å²) in [7, 11) is 2.16. The largest absolute Gasteiger partial charge is 0.352 e. The molecule has 1 fully saturated rings. The Bertz CT molecular complexity index is 854. The molecule has 1 aliphatic rings. The van der Waals surface area contributed by atoms with Gasteiger partial charge in [-0.3, -0.25) is 9.59 Å². The van der Waals surface area contributed by atoms with Crippen LogP contribution in [0.25, 0.3) is 6.08 Å². The van der Waals surface area contributed by atoms with Crippen LogP contribution in [-0.4, -0.2) is 43.8 Å². The summed E-state index contributed by atoms with van der Waals surface area (Å²) >= 11 is 0. The fourth-order valence-electron chi connectivity index (χ4n) is 3.21. The number of allylic oxidation sites excluding steroid dienone is 1. The second-order valence-corrected chi connectivity index (χ2v) is 7.80. The molecule has 0 bridgehead atoms. The van der Waals surface area contributed by atoms with Gasteiger partial charge in [0.15, 0.2) is 0 Å². The van der Waals surface area contributed by atoms with Gasteiger partial charge in [-0.15, -0.1) is 0 Å². The number of carbonyl (C=O) groups is 2. The van der Waals surface area contributed by atoms with Crippen molar-refractivity contribution in [2.75, 3.05) is 26.7 Å². The van der Waals surface area contributed by atoms with Crippen molar-refractivity contribution in [3.63, 3.8) is 0 Å². The zero-order chi connectivity index (χ0) is 21.9. The molecule has 30 heavy (non-hydrogen) atoms. The molecule has 0 unspecified atom stereocenters. The molecule has 3 rings (SSSR count). The van der Waals surface area contributed by atoms with Gasteiger partial charge in [0, 0.05) is 12.1 Å². The molecule has 160 valence electrons. The fourth-order valence-corrected chi connectivity index (χ4v) is 3.21. The molecule has 1 N–H and O–H groups in total. The highest BCUT2D eigenvalue weighted by Crippen LogP contribution is 2.15. The van der Waals surface area contributed by atoms with Gasteiger partial charge < -0.3 is 10.2 Å². The van der Waals surface area contributed by atoms with Crippen molar-refractivity contribution >= 4 is 18.3 Å². The van der Waals surface area contributed by atoms with Crippen molar-refractivity contribution in [1.82, 2.24) is 10.2 Å². The maximum Gasteiger partial charge on any atom is 0.251 e. The summed E-state index contributed by atoms with van der Waals surface area (Å²) in [5.41, 5.74) is 3.99. The average molecular weight is 411 g/mol. The normalized spacial score (nSPS) is 14.8. The predicted octanol–water partition coefficient (Wildman–Crippen LogP) is 4.41. The Morgan fingerprint density at radius 3 is 2.37 bits per heavy atom. The Kier molecular flexibility index (Phi) is 9.42. The van der Waals surface area contributed by atoms with Crippen molar-refractivity contribution in [3.05, 3.63) is 76.6 Å². The minimum atomic E-state index is -0.270. The van der Waals surface area contributed by atoms with Gasteiger partial charge >= 0.3 is 0 Å². The van der Waals surface area contributed by atoms with Gasteiger partial charge in [0.1, 0.15) is 12.1 Å². The lowest BCUT2D eigenvalue weighted by Gasteiger charge is -2.28. The number of halogens is 1. The van der Waals surface area contributed by atoms with E-state index < -0.39 is 0 Å². The molecule has 0 radical (unpaired) electrons. The molecule has 0 aromatic heterocycles. The Morgan fingerprint density at radius 2 is 1.77 bits per heavy atom. The van der Waals surface area contributed by atoms with E-state index in [-0.39, 0.29) is 11.7 Å². The summed E-state index contributed by atoms with van der Waals surface area (Å²) in [5, 5.41) is 3.07. The van der Waals surface area contributed by atoms with Gasteiger partial charge in [-0.2, -0.15) is 0 Å². The molecule has 2 aromatic rings. The molecular weight excluding hydrogens is 379 g/mol. The Morgan fingerprint density at radius 1 is 1.10 bits per heavy atom. The molecule has 0 saturated carbocycles. The van der Waals surface area contributed by atoms with Gasteiger partial charge in [0.05, 0.1) is 0 Å². The highest BCUT2D eigenvalue weighted by molar-refractivity contribution is 5.94. The van der Waals surface area contributed by atoms with E-state index in [9.17, 15) is 14.0 Å². The van der Waals surface area contributed by atoms with Crippen molar-refractivity contribution in [2.24, 2.45) is 5.92 Å². The molecule has 0 spiro atoms. The number of nitrogens with zero attached hydrogens (tertiary/aromatic N) is 1. The molecule has 5 heteroatoms. The van der Waals surface area contributed by atoms with Crippen LogP contribution in [0.3, 0.4) is 0 Å². The van der Waals surface area contributed by atoms with Crippen molar-refractivity contribution < 1.29 is 14.0 Å². The van der Waals surface area contributed by atoms with Gasteiger partial charge in [-0.05, 0) is 99.8 Å². The summed E-state index contributed by atoms with van der Waals surface area (Å²) in [6, 6.07) is 11.8. The number of piperidine rings is 1. The number of aldehydes is 1. The van der Waals surface area contributed by atoms with Crippen LogP contribution in [0, 0.1) is 25.6 Å². The highest BCUT2D eigenvalue weighted by atomic mass is 19.1. The van der Waals surface area contributed by atoms with Gasteiger partial charge in [0.25, 0.3) is 5.91 Å². The Balaban J connectivity index is 0.000000248. The van der Waals surface area contributed by atoms with E-state index in [1.54, 1.807) is 18.2 Å². The molecule has 1 aliphatic heterocycles. The van der Waals surface area contributed by atoms with E-state index in [0.717, 1.165) is 30.8 Å². The van der Waals surface area contributed by atoms with Crippen molar-refractivity contribution in [3.8, 4) is 0 Å². The first-order valence-electron chi connectivity index (χ1n) is 10.3. The number of hydrogen-bond donors (Lipinski definition) is 1. The Hall–Kier alpha value is -2.79. The minimum Gasteiger partial charge on any atom is -0.352 e. The first-order chi connectivity index (χ1) is 14.4. The third kappa shape index (κ3) is 7.91. The number of amides is 1. The third-order valence-corrected chi connectivity index (χ3v) is 5.40. The number of likely N-dealkylation sites (tertiary alicyclic amines) is 1. The van der Waals surface area contributed by atoms with Crippen LogP contribution in [0.1, 0.15) is 39.9 Å². The standard InChI is InChI=1S/C16H24N2O.C9H7FO/c1-12-4-5-15(10-13(12)2)16(19)17-11-14-6-8-18(3)9-7-14;10-9-5-3-8(4-6-9)2-1-7-11/h4-5,10,14H,6-9,11H2,1-3H3,(H,17,19);1-7H/b;2-1+. The molecule has 4 nitrogen and oxygen atoms in total. The molecular formula is C25H31FN2O2. The zero-order valence-corrected chi connectivity index (χ0v) is 18.0. The number of hydrogen-bond acceptors (Lipinski definition) is 3. The first kappa shape index (κ1) is 23.5. The zero-order valence-electron chi connectivity index (χ0n) is 18.0. The van der Waals surface area contributed by atoms with E-state index in [1.165, 1.54) is 42.2 Å². The fraction of sp³-hybridized carbons (Fsp3) is 0.360. The second kappa shape index (κ2) is 12.0. The predicted molar refractivity (Wildman–Crippen MR) is 120 cm³/mol. The van der Waals surface area contributed by atoms with E-state index in [0.29, 0.717) is 12.2 Å². The smallest absolute Gasteiger partial charge is 0.251 e.